The second-order valence-corrected chi connectivity index (χ2v) is 5.79. The summed E-state index contributed by atoms with van der Waals surface area (Å²) in [6.45, 7) is -0.195. The molecule has 0 aromatic heterocycles. The van der Waals surface area contributed by atoms with Gasteiger partial charge in [-0.05, 0) is 39.7 Å². The number of para-hydroxylation sites is 1. The van der Waals surface area contributed by atoms with Crippen molar-refractivity contribution in [2.24, 2.45) is 0 Å². The fourth-order valence-corrected chi connectivity index (χ4v) is 2.28. The van der Waals surface area contributed by atoms with Crippen LogP contribution >= 0.6 is 15.9 Å². The van der Waals surface area contributed by atoms with E-state index in [2.05, 4.69) is 26.6 Å². The Morgan fingerprint density at radius 2 is 1.92 bits per heavy atom. The van der Waals surface area contributed by atoms with Gasteiger partial charge in [-0.25, -0.2) is 0 Å². The number of hydrogen-bond acceptors (Lipinski definition) is 4. The second kappa shape index (κ2) is 8.74. The first kappa shape index (κ1) is 18.3. The Labute approximate surface area is 152 Å². The molecule has 0 atom stereocenters. The fourth-order valence-electron chi connectivity index (χ4n) is 1.90. The van der Waals surface area contributed by atoms with Crippen LogP contribution in [-0.2, 0) is 9.59 Å². The molecule has 25 heavy (non-hydrogen) atoms. The zero-order valence-corrected chi connectivity index (χ0v) is 14.5. The summed E-state index contributed by atoms with van der Waals surface area (Å²) in [7, 11) is 0. The number of benzene rings is 2. The summed E-state index contributed by atoms with van der Waals surface area (Å²) < 4.78 is 0.736. The normalized spacial score (nSPS) is 10.4. The minimum Gasteiger partial charge on any atom is -0.343 e. The molecule has 128 valence electrons. The zero-order chi connectivity index (χ0) is 18.2. The number of amides is 2. The monoisotopic (exact) mass is 403 g/mol. The molecule has 2 aromatic rings. The van der Waals surface area contributed by atoms with Gasteiger partial charge >= 0.3 is 0 Å². The van der Waals surface area contributed by atoms with Crippen molar-refractivity contribution in [3.63, 3.8) is 0 Å². The first-order valence-corrected chi connectivity index (χ1v) is 8.00. The van der Waals surface area contributed by atoms with E-state index in [-0.39, 0.29) is 18.1 Å². The Morgan fingerprint density at radius 1 is 1.16 bits per heavy atom. The molecule has 2 N–H and O–H groups in total. The fraction of sp³-hybridized carbons (Fsp3) is 0.0588. The number of anilines is 1. The van der Waals surface area contributed by atoms with Crippen LogP contribution in [0.25, 0.3) is 6.08 Å². The van der Waals surface area contributed by atoms with Crippen LogP contribution in [0.5, 0.6) is 0 Å². The van der Waals surface area contributed by atoms with Crippen molar-refractivity contribution < 1.29 is 14.5 Å². The highest BCUT2D eigenvalue weighted by atomic mass is 79.9. The van der Waals surface area contributed by atoms with Gasteiger partial charge in [0, 0.05) is 22.7 Å². The van der Waals surface area contributed by atoms with Gasteiger partial charge in [-0.15, -0.1) is 0 Å². The Morgan fingerprint density at radius 3 is 2.64 bits per heavy atom. The van der Waals surface area contributed by atoms with E-state index < -0.39 is 10.8 Å². The van der Waals surface area contributed by atoms with Crippen LogP contribution in [0.15, 0.2) is 59.1 Å². The molecule has 0 aliphatic carbocycles. The molecule has 2 aromatic carbocycles. The molecular formula is C17H14BrN3O4. The van der Waals surface area contributed by atoms with E-state index in [1.54, 1.807) is 24.3 Å². The second-order valence-electron chi connectivity index (χ2n) is 4.93. The molecule has 2 rings (SSSR count). The predicted octanol–water partition coefficient (Wildman–Crippen LogP) is 3.13. The minimum atomic E-state index is -0.510. The average molecular weight is 404 g/mol. The van der Waals surface area contributed by atoms with Gasteiger partial charge in [0.05, 0.1) is 17.2 Å². The Kier molecular flexibility index (Phi) is 6.41. The van der Waals surface area contributed by atoms with Crippen molar-refractivity contribution in [3.8, 4) is 0 Å². The maximum absolute atomic E-state index is 11.8. The lowest BCUT2D eigenvalue weighted by atomic mass is 10.2. The summed E-state index contributed by atoms with van der Waals surface area (Å²) >= 11 is 3.31. The van der Waals surface area contributed by atoms with E-state index in [0.29, 0.717) is 11.3 Å². The molecule has 0 aliphatic heterocycles. The van der Waals surface area contributed by atoms with Crippen LogP contribution in [-0.4, -0.2) is 23.3 Å². The van der Waals surface area contributed by atoms with E-state index in [0.717, 1.165) is 4.47 Å². The molecule has 0 saturated heterocycles. The van der Waals surface area contributed by atoms with Gasteiger partial charge < -0.3 is 10.6 Å². The number of nitrogens with one attached hydrogen (secondary N) is 2. The molecule has 2 amide bonds. The summed E-state index contributed by atoms with van der Waals surface area (Å²) in [6, 6.07) is 13.0. The van der Waals surface area contributed by atoms with Crippen LogP contribution in [0.3, 0.4) is 0 Å². The number of carbonyl (C=O) groups is 2. The first-order chi connectivity index (χ1) is 12.0. The summed E-state index contributed by atoms with van der Waals surface area (Å²) in [4.78, 5) is 33.7. The van der Waals surface area contributed by atoms with Crippen LogP contribution in [0.1, 0.15) is 5.56 Å². The molecular weight excluding hydrogens is 390 g/mol. The number of carbonyl (C=O) groups excluding carboxylic acids is 2. The number of halogens is 1. The van der Waals surface area contributed by atoms with Crippen LogP contribution < -0.4 is 10.6 Å². The lowest BCUT2D eigenvalue weighted by Crippen LogP contribution is -2.31. The van der Waals surface area contributed by atoms with Gasteiger partial charge in [0.1, 0.15) is 0 Å². The van der Waals surface area contributed by atoms with Gasteiger partial charge in [-0.2, -0.15) is 0 Å². The number of nitrogens with zero attached hydrogens (tertiary/aromatic N) is 1. The van der Waals surface area contributed by atoms with Crippen LogP contribution in [0.4, 0.5) is 11.4 Å². The van der Waals surface area contributed by atoms with Gasteiger partial charge in [-0.1, -0.05) is 24.3 Å². The number of nitro groups is 1. The molecule has 7 nitrogen and oxygen atoms in total. The standard InChI is InChI=1S/C17H14BrN3O4/c18-14-6-1-2-7-15(14)20-17(23)11-19-16(22)9-8-12-4-3-5-13(10-12)21(24)25/h1-10H,11H2,(H,19,22)(H,20,23). The SMILES string of the molecule is O=C(C=Cc1cccc([N+](=O)[O-])c1)NCC(=O)Nc1ccccc1Br. The smallest absolute Gasteiger partial charge is 0.270 e. The van der Waals surface area contributed by atoms with Crippen molar-refractivity contribution in [2.45, 2.75) is 0 Å². The molecule has 0 saturated carbocycles. The van der Waals surface area contributed by atoms with Crippen molar-refractivity contribution in [2.75, 3.05) is 11.9 Å². The maximum atomic E-state index is 11.8. The van der Waals surface area contributed by atoms with Crippen molar-refractivity contribution in [3.05, 3.63) is 74.8 Å². The molecule has 0 fully saturated rings. The molecule has 0 bridgehead atoms. The quantitative estimate of drug-likeness (QED) is 0.439. The van der Waals surface area contributed by atoms with Gasteiger partial charge in [0.2, 0.25) is 11.8 Å². The molecule has 8 heteroatoms. The molecule has 0 unspecified atom stereocenters. The Bertz CT molecular complexity index is 836. The summed E-state index contributed by atoms with van der Waals surface area (Å²) in [5.41, 5.74) is 1.06. The number of nitro benzene ring substituents is 1. The summed E-state index contributed by atoms with van der Waals surface area (Å²) in [5.74, 6) is -0.849. The van der Waals surface area contributed by atoms with Gasteiger partial charge in [0.15, 0.2) is 0 Å². The predicted molar refractivity (Wildman–Crippen MR) is 97.9 cm³/mol. The van der Waals surface area contributed by atoms with Gasteiger partial charge in [-0.3, -0.25) is 19.7 Å². The Hall–Kier alpha value is -3.00. The molecule has 0 radical (unpaired) electrons. The molecule has 0 aliphatic rings. The van der Waals surface area contributed by atoms with Crippen LogP contribution in [0, 0.1) is 10.1 Å². The number of rotatable bonds is 6. The molecule has 0 spiro atoms. The first-order valence-electron chi connectivity index (χ1n) is 7.20. The highest BCUT2D eigenvalue weighted by molar-refractivity contribution is 9.10. The van der Waals surface area contributed by atoms with Crippen molar-refractivity contribution in [1.82, 2.24) is 5.32 Å². The summed E-state index contributed by atoms with van der Waals surface area (Å²) in [6.07, 6.45) is 2.65. The highest BCUT2D eigenvalue weighted by Crippen LogP contribution is 2.20. The average Bonchev–Trinajstić information content (AvgIpc) is 2.60. The topological polar surface area (TPSA) is 101 Å². The van der Waals surface area contributed by atoms with E-state index in [4.69, 9.17) is 0 Å². The highest BCUT2D eigenvalue weighted by Gasteiger charge is 2.07. The maximum Gasteiger partial charge on any atom is 0.270 e. The van der Waals surface area contributed by atoms with Crippen LogP contribution in [0.2, 0.25) is 0 Å². The van der Waals surface area contributed by atoms with Crippen molar-refractivity contribution in [1.29, 1.82) is 0 Å². The third kappa shape index (κ3) is 5.85. The van der Waals surface area contributed by atoms with Crippen molar-refractivity contribution >= 4 is 45.2 Å². The minimum absolute atomic E-state index is 0.0598. The number of non-ortho nitro benzene ring substituents is 1. The third-order valence-electron chi connectivity index (χ3n) is 3.08. The third-order valence-corrected chi connectivity index (χ3v) is 3.77. The van der Waals surface area contributed by atoms with E-state index in [1.807, 2.05) is 6.07 Å². The lowest BCUT2D eigenvalue weighted by Gasteiger charge is -2.07. The zero-order valence-electron chi connectivity index (χ0n) is 12.9. The Balaban J connectivity index is 1.86. The number of hydrogen-bond donors (Lipinski definition) is 2. The largest absolute Gasteiger partial charge is 0.343 e. The molecule has 0 heterocycles. The lowest BCUT2D eigenvalue weighted by molar-refractivity contribution is -0.384. The van der Waals surface area contributed by atoms with E-state index in [9.17, 15) is 19.7 Å². The van der Waals surface area contributed by atoms with E-state index in [1.165, 1.54) is 30.4 Å². The van der Waals surface area contributed by atoms with E-state index >= 15 is 0 Å². The van der Waals surface area contributed by atoms with Gasteiger partial charge in [0.25, 0.3) is 5.69 Å². The summed E-state index contributed by atoms with van der Waals surface area (Å²) in [5, 5.41) is 15.8.